The Bertz CT molecular complexity index is 490. The summed E-state index contributed by atoms with van der Waals surface area (Å²) in [5.41, 5.74) is -0.201. The fraction of sp³-hybridized carbons (Fsp3) is 0.533. The summed E-state index contributed by atoms with van der Waals surface area (Å²) in [5, 5.41) is 40.5. The Balaban J connectivity index is 2.92. The minimum Gasteiger partial charge on any atom is -0.595 e. The smallest absolute Gasteiger partial charge is 0.321 e. The SMILES string of the molecule is CCCCN(CCCC)C(=O)Nc1cc([NH+]([O-])O)cc([NH+]([O-])O)c1. The van der Waals surface area contributed by atoms with Crippen LogP contribution in [0.2, 0.25) is 0 Å². The van der Waals surface area contributed by atoms with Crippen LogP contribution in [-0.2, 0) is 0 Å². The molecule has 1 rings (SSSR count). The molecule has 1 aromatic carbocycles. The van der Waals surface area contributed by atoms with Gasteiger partial charge >= 0.3 is 6.03 Å². The molecule has 0 heterocycles. The van der Waals surface area contributed by atoms with Gasteiger partial charge in [-0.15, -0.1) is 0 Å². The highest BCUT2D eigenvalue weighted by Crippen LogP contribution is 2.18. The normalized spacial score (nSPS) is 13.4. The molecule has 0 fully saturated rings. The van der Waals surface area contributed by atoms with Crippen molar-refractivity contribution in [2.24, 2.45) is 0 Å². The number of anilines is 1. The minimum atomic E-state index is -1.25. The molecule has 0 aromatic heterocycles. The van der Waals surface area contributed by atoms with Crippen molar-refractivity contribution in [3.63, 3.8) is 0 Å². The van der Waals surface area contributed by atoms with Crippen molar-refractivity contribution in [3.05, 3.63) is 28.6 Å². The van der Waals surface area contributed by atoms with Gasteiger partial charge in [-0.1, -0.05) is 26.7 Å². The molecule has 0 aliphatic rings. The number of carbonyl (C=O) groups excluding carboxylic acids is 1. The first-order chi connectivity index (χ1) is 11.4. The van der Waals surface area contributed by atoms with E-state index < -0.39 is 10.5 Å². The van der Waals surface area contributed by atoms with Crippen LogP contribution in [0.5, 0.6) is 0 Å². The van der Waals surface area contributed by atoms with Crippen LogP contribution in [0.1, 0.15) is 39.5 Å². The second kappa shape index (κ2) is 10.2. The lowest BCUT2D eigenvalue weighted by Crippen LogP contribution is -3.00. The number of urea groups is 1. The van der Waals surface area contributed by atoms with E-state index in [1.165, 1.54) is 12.1 Å². The molecule has 2 amide bonds. The number of hydrogen-bond acceptors (Lipinski definition) is 5. The van der Waals surface area contributed by atoms with E-state index in [2.05, 4.69) is 5.32 Å². The van der Waals surface area contributed by atoms with E-state index in [1.807, 2.05) is 13.8 Å². The van der Waals surface area contributed by atoms with Crippen molar-refractivity contribution in [2.75, 3.05) is 18.4 Å². The van der Waals surface area contributed by atoms with Crippen LogP contribution in [0.4, 0.5) is 21.9 Å². The molecule has 24 heavy (non-hydrogen) atoms. The van der Waals surface area contributed by atoms with E-state index in [4.69, 9.17) is 10.4 Å². The van der Waals surface area contributed by atoms with Crippen LogP contribution in [-0.4, -0.2) is 34.4 Å². The van der Waals surface area contributed by atoms with Crippen LogP contribution in [0.15, 0.2) is 18.2 Å². The fourth-order valence-electron chi connectivity index (χ4n) is 2.16. The van der Waals surface area contributed by atoms with E-state index in [0.29, 0.717) is 13.1 Å². The van der Waals surface area contributed by atoms with E-state index in [1.54, 1.807) is 4.90 Å². The average Bonchev–Trinajstić information content (AvgIpc) is 2.54. The molecule has 2 atom stereocenters. The van der Waals surface area contributed by atoms with Gasteiger partial charge in [0.2, 0.25) is 0 Å². The maximum atomic E-state index is 12.4. The molecule has 1 aromatic rings. The van der Waals surface area contributed by atoms with Gasteiger partial charge in [0.15, 0.2) is 11.4 Å². The molecule has 0 saturated heterocycles. The molecular weight excluding hydrogens is 316 g/mol. The summed E-state index contributed by atoms with van der Waals surface area (Å²) < 4.78 is 0. The van der Waals surface area contributed by atoms with E-state index in [-0.39, 0.29) is 23.1 Å². The second-order valence-corrected chi connectivity index (χ2v) is 5.53. The summed E-state index contributed by atoms with van der Waals surface area (Å²) in [4.78, 5) is 14.1. The van der Waals surface area contributed by atoms with E-state index >= 15 is 0 Å². The number of unbranched alkanes of at least 4 members (excludes halogenated alkanes) is 2. The van der Waals surface area contributed by atoms with Gasteiger partial charge in [0, 0.05) is 25.2 Å². The summed E-state index contributed by atoms with van der Waals surface area (Å²) in [6.07, 6.45) is 3.64. The van der Waals surface area contributed by atoms with E-state index in [0.717, 1.165) is 31.7 Å². The quantitative estimate of drug-likeness (QED) is 0.427. The average molecular weight is 342 g/mol. The summed E-state index contributed by atoms with van der Waals surface area (Å²) in [6, 6.07) is 3.22. The summed E-state index contributed by atoms with van der Waals surface area (Å²) in [5.74, 6) is 0. The lowest BCUT2D eigenvalue weighted by atomic mass is 10.2. The largest absolute Gasteiger partial charge is 0.595 e. The zero-order chi connectivity index (χ0) is 18.1. The molecule has 0 saturated carbocycles. The van der Waals surface area contributed by atoms with Crippen LogP contribution >= 0.6 is 0 Å². The number of rotatable bonds is 9. The van der Waals surface area contributed by atoms with Gasteiger partial charge in [-0.05, 0) is 12.8 Å². The second-order valence-electron chi connectivity index (χ2n) is 5.53. The van der Waals surface area contributed by atoms with Crippen molar-refractivity contribution in [2.45, 2.75) is 39.5 Å². The molecule has 0 bridgehead atoms. The van der Waals surface area contributed by atoms with Crippen LogP contribution in [0.3, 0.4) is 0 Å². The highest BCUT2D eigenvalue weighted by molar-refractivity contribution is 5.90. The Morgan fingerprint density at radius 2 is 1.50 bits per heavy atom. The van der Waals surface area contributed by atoms with Gasteiger partial charge in [-0.25, -0.2) is 15.2 Å². The topological polar surface area (TPSA) is 128 Å². The highest BCUT2D eigenvalue weighted by Gasteiger charge is 2.16. The van der Waals surface area contributed by atoms with Crippen molar-refractivity contribution < 1.29 is 25.7 Å². The van der Waals surface area contributed by atoms with Crippen molar-refractivity contribution in [3.8, 4) is 0 Å². The molecule has 0 radical (unpaired) electrons. The predicted octanol–water partition coefficient (Wildman–Crippen LogP) is 0.928. The third-order valence-electron chi connectivity index (χ3n) is 3.53. The zero-order valence-corrected chi connectivity index (χ0v) is 14.0. The molecule has 9 nitrogen and oxygen atoms in total. The maximum absolute atomic E-state index is 12.4. The summed E-state index contributed by atoms with van der Waals surface area (Å²) >= 11 is 0. The Hall–Kier alpha value is -1.75. The first-order valence-electron chi connectivity index (χ1n) is 8.06. The molecule has 0 aliphatic carbocycles. The first-order valence-corrected chi connectivity index (χ1v) is 8.06. The van der Waals surface area contributed by atoms with Gasteiger partial charge in [0.05, 0.1) is 11.8 Å². The first kappa shape index (κ1) is 20.3. The number of nitrogens with zero attached hydrogens (tertiary/aromatic N) is 1. The molecule has 136 valence electrons. The Morgan fingerprint density at radius 3 is 1.88 bits per heavy atom. The Labute approximate surface area is 141 Å². The molecule has 2 unspecified atom stereocenters. The van der Waals surface area contributed by atoms with Gasteiger partial charge in [0.25, 0.3) is 0 Å². The van der Waals surface area contributed by atoms with Gasteiger partial charge in [0.1, 0.15) is 0 Å². The Morgan fingerprint density at radius 1 is 1.04 bits per heavy atom. The van der Waals surface area contributed by atoms with Crippen molar-refractivity contribution >= 4 is 23.1 Å². The zero-order valence-electron chi connectivity index (χ0n) is 14.0. The summed E-state index contributed by atoms with van der Waals surface area (Å²) in [6.45, 7) is 5.27. The number of hydrogen-bond donors (Lipinski definition) is 5. The van der Waals surface area contributed by atoms with Crippen LogP contribution < -0.4 is 15.8 Å². The third-order valence-corrected chi connectivity index (χ3v) is 3.53. The standard InChI is InChI=1S/C15H26N4O5/c1-3-5-7-17(8-6-4-2)15(20)16-12-9-13(18(21)22)11-14(10-12)19(23)24/h9-11,18-19,21,23H,3-8H2,1-2H3,(H,16,20). The number of quaternary nitrogens is 2. The highest BCUT2D eigenvalue weighted by atomic mass is 16.8. The molecule has 0 spiro atoms. The van der Waals surface area contributed by atoms with Crippen molar-refractivity contribution in [1.29, 1.82) is 0 Å². The third kappa shape index (κ3) is 6.40. The number of amides is 2. The molecule has 5 N–H and O–H groups in total. The lowest BCUT2D eigenvalue weighted by molar-refractivity contribution is -0.996. The van der Waals surface area contributed by atoms with Gasteiger partial charge < -0.3 is 20.6 Å². The lowest BCUT2D eigenvalue weighted by Gasteiger charge is -2.23. The minimum absolute atomic E-state index is 0.162. The van der Waals surface area contributed by atoms with Gasteiger partial charge in [-0.3, -0.25) is 0 Å². The molecule has 0 aliphatic heterocycles. The Kier molecular flexibility index (Phi) is 8.61. The monoisotopic (exact) mass is 342 g/mol. The summed E-state index contributed by atoms with van der Waals surface area (Å²) in [7, 11) is 0. The van der Waals surface area contributed by atoms with Gasteiger partial charge in [-0.2, -0.15) is 10.5 Å². The predicted molar refractivity (Wildman–Crippen MR) is 88.4 cm³/mol. The van der Waals surface area contributed by atoms with Crippen LogP contribution in [0, 0.1) is 10.4 Å². The maximum Gasteiger partial charge on any atom is 0.321 e. The van der Waals surface area contributed by atoms with Crippen molar-refractivity contribution in [1.82, 2.24) is 4.90 Å². The fourth-order valence-corrected chi connectivity index (χ4v) is 2.16. The number of carbonyl (C=O) groups is 1. The molecular formula is C15H26N4O5. The number of benzene rings is 1. The number of nitrogens with one attached hydrogen (secondary N) is 3. The van der Waals surface area contributed by atoms with E-state index in [9.17, 15) is 15.2 Å². The molecule has 9 heteroatoms. The van der Waals surface area contributed by atoms with Crippen LogP contribution in [0.25, 0.3) is 0 Å².